The van der Waals surface area contributed by atoms with Crippen molar-refractivity contribution in [3.63, 3.8) is 0 Å². The number of rotatable bonds is 3. The Morgan fingerprint density at radius 2 is 2.26 bits per heavy atom. The van der Waals surface area contributed by atoms with Crippen molar-refractivity contribution in [1.29, 1.82) is 0 Å². The number of aryl methyl sites for hydroxylation is 1. The van der Waals surface area contributed by atoms with Gasteiger partial charge in [0.1, 0.15) is 12.2 Å². The van der Waals surface area contributed by atoms with Crippen molar-refractivity contribution in [3.8, 4) is 0 Å². The molecule has 2 N–H and O–H groups in total. The molecule has 0 amide bonds. The Balaban J connectivity index is 2.35. The van der Waals surface area contributed by atoms with E-state index in [1.165, 1.54) is 20.2 Å². The first kappa shape index (κ1) is 13.9. The molecule has 8 heteroatoms. The summed E-state index contributed by atoms with van der Waals surface area (Å²) in [5.74, 6) is 0. The van der Waals surface area contributed by atoms with Gasteiger partial charge in [0.2, 0.25) is 0 Å². The monoisotopic (exact) mass is 274 g/mol. The molecule has 0 spiro atoms. The Labute approximate surface area is 107 Å². The number of nitrogens with one attached hydrogen (secondary N) is 1. The molecule has 4 atom stereocenters. The van der Waals surface area contributed by atoms with Crippen LogP contribution in [0.1, 0.15) is 11.8 Å². The Morgan fingerprint density at radius 3 is 2.89 bits per heavy atom. The highest BCUT2D eigenvalue weighted by Crippen LogP contribution is 2.30. The third-order valence-corrected chi connectivity index (χ3v) is 3.04. The molecule has 0 saturated carbocycles. The van der Waals surface area contributed by atoms with Gasteiger partial charge in [-0.25, -0.2) is 9.18 Å². The van der Waals surface area contributed by atoms with Crippen molar-refractivity contribution < 1.29 is 19.0 Å². The summed E-state index contributed by atoms with van der Waals surface area (Å²) in [5.41, 5.74) is -1.07. The van der Waals surface area contributed by atoms with Crippen LogP contribution in [0.5, 0.6) is 0 Å². The number of aliphatic hydroxyl groups is 1. The topological polar surface area (TPSA) is 93.5 Å². The number of hydrogen-bond acceptors (Lipinski definition) is 5. The lowest BCUT2D eigenvalue weighted by Crippen LogP contribution is -2.36. The first-order valence-electron chi connectivity index (χ1n) is 5.74. The molecular formula is C11H15FN2O5. The predicted octanol–water partition coefficient (Wildman–Crippen LogP) is -0.912. The van der Waals surface area contributed by atoms with Gasteiger partial charge in [0.25, 0.3) is 5.56 Å². The zero-order valence-corrected chi connectivity index (χ0v) is 10.5. The number of methoxy groups -OCH3 is 1. The van der Waals surface area contributed by atoms with Gasteiger partial charge in [0, 0.05) is 18.9 Å². The van der Waals surface area contributed by atoms with E-state index < -0.39 is 35.9 Å². The molecule has 1 aromatic heterocycles. The number of aromatic nitrogens is 2. The van der Waals surface area contributed by atoms with Crippen LogP contribution in [0.4, 0.5) is 4.39 Å². The lowest BCUT2D eigenvalue weighted by molar-refractivity contribution is -0.0572. The van der Waals surface area contributed by atoms with Crippen LogP contribution in [-0.2, 0) is 9.47 Å². The first-order valence-corrected chi connectivity index (χ1v) is 5.74. The Hall–Kier alpha value is -1.51. The Kier molecular flexibility index (Phi) is 3.83. The summed E-state index contributed by atoms with van der Waals surface area (Å²) >= 11 is 0. The Morgan fingerprint density at radius 1 is 1.58 bits per heavy atom. The molecule has 7 nitrogen and oxygen atoms in total. The minimum Gasteiger partial charge on any atom is -0.387 e. The molecule has 1 aliphatic rings. The largest absolute Gasteiger partial charge is 0.387 e. The maximum absolute atomic E-state index is 14.0. The molecule has 1 fully saturated rings. The summed E-state index contributed by atoms with van der Waals surface area (Å²) < 4.78 is 25.0. The van der Waals surface area contributed by atoms with Crippen LogP contribution >= 0.6 is 0 Å². The zero-order valence-electron chi connectivity index (χ0n) is 10.5. The van der Waals surface area contributed by atoms with Gasteiger partial charge >= 0.3 is 5.69 Å². The summed E-state index contributed by atoms with van der Waals surface area (Å²) in [6, 6.07) is 0. The van der Waals surface area contributed by atoms with E-state index in [4.69, 9.17) is 9.47 Å². The van der Waals surface area contributed by atoms with Crippen LogP contribution in [-0.4, -0.2) is 46.8 Å². The van der Waals surface area contributed by atoms with E-state index in [1.807, 2.05) is 0 Å². The molecular weight excluding hydrogens is 259 g/mol. The van der Waals surface area contributed by atoms with E-state index in [1.54, 1.807) is 0 Å². The molecule has 1 aliphatic heterocycles. The molecule has 19 heavy (non-hydrogen) atoms. The molecule has 0 bridgehead atoms. The number of halogens is 1. The maximum atomic E-state index is 14.0. The zero-order chi connectivity index (χ0) is 14.2. The van der Waals surface area contributed by atoms with Gasteiger partial charge < -0.3 is 14.6 Å². The highest BCUT2D eigenvalue weighted by molar-refractivity contribution is 5.03. The van der Waals surface area contributed by atoms with E-state index >= 15 is 0 Å². The number of hydrogen-bond donors (Lipinski definition) is 2. The fraction of sp³-hybridized carbons (Fsp3) is 0.636. The van der Waals surface area contributed by atoms with Gasteiger partial charge in [-0.3, -0.25) is 14.3 Å². The third-order valence-electron chi connectivity index (χ3n) is 3.04. The standard InChI is InChI=1S/C11H15FN2O5/c1-5-3-14(11(17)13-9(5)16)10-7(12)8(15)6(19-10)4-18-2/h3,6-8,10,15H,4H2,1-2H3,(H,13,16,17)/t6-,7?,8?,10?/m1/s1. The van der Waals surface area contributed by atoms with Crippen LogP contribution in [0, 0.1) is 6.92 Å². The van der Waals surface area contributed by atoms with Crippen LogP contribution in [0.2, 0.25) is 0 Å². The van der Waals surface area contributed by atoms with E-state index in [2.05, 4.69) is 4.98 Å². The van der Waals surface area contributed by atoms with Crippen molar-refractivity contribution in [2.24, 2.45) is 0 Å². The van der Waals surface area contributed by atoms with Crippen LogP contribution in [0.15, 0.2) is 15.8 Å². The van der Waals surface area contributed by atoms with Crippen LogP contribution in [0.3, 0.4) is 0 Å². The molecule has 2 heterocycles. The fourth-order valence-corrected chi connectivity index (χ4v) is 2.00. The maximum Gasteiger partial charge on any atom is 0.330 e. The highest BCUT2D eigenvalue weighted by atomic mass is 19.1. The molecule has 0 radical (unpaired) electrons. The van der Waals surface area contributed by atoms with Crippen LogP contribution < -0.4 is 11.2 Å². The van der Waals surface area contributed by atoms with Gasteiger partial charge in [-0.2, -0.15) is 0 Å². The predicted molar refractivity (Wildman–Crippen MR) is 62.7 cm³/mol. The lowest BCUT2D eigenvalue weighted by Gasteiger charge is -2.16. The summed E-state index contributed by atoms with van der Waals surface area (Å²) in [7, 11) is 1.40. The summed E-state index contributed by atoms with van der Waals surface area (Å²) in [6.45, 7) is 1.50. The second-order valence-corrected chi connectivity index (χ2v) is 4.43. The summed E-state index contributed by atoms with van der Waals surface area (Å²) in [4.78, 5) is 24.9. The minimum absolute atomic E-state index is 0.00910. The summed E-state index contributed by atoms with van der Waals surface area (Å²) in [6.07, 6.45) is -4.09. The Bertz CT molecular complexity index is 569. The number of aromatic amines is 1. The van der Waals surface area contributed by atoms with Crippen LogP contribution in [0.25, 0.3) is 0 Å². The van der Waals surface area contributed by atoms with E-state index in [9.17, 15) is 19.1 Å². The highest BCUT2D eigenvalue weighted by Gasteiger charge is 2.45. The molecule has 0 aromatic carbocycles. The second-order valence-electron chi connectivity index (χ2n) is 4.43. The smallest absolute Gasteiger partial charge is 0.330 e. The normalized spacial score (nSPS) is 30.7. The molecule has 1 aromatic rings. The number of H-pyrrole nitrogens is 1. The second kappa shape index (κ2) is 5.24. The minimum atomic E-state index is -1.77. The molecule has 3 unspecified atom stereocenters. The first-order chi connectivity index (χ1) is 8.95. The van der Waals surface area contributed by atoms with E-state index in [0.717, 1.165) is 4.57 Å². The van der Waals surface area contributed by atoms with Crippen molar-refractivity contribution in [1.82, 2.24) is 9.55 Å². The SMILES string of the molecule is COC[C@H]1OC(n2cc(C)c(=O)[nH]c2=O)C(F)C1O. The average Bonchev–Trinajstić information content (AvgIpc) is 2.63. The number of nitrogens with zero attached hydrogens (tertiary/aromatic N) is 1. The van der Waals surface area contributed by atoms with Crippen molar-refractivity contribution in [2.45, 2.75) is 31.5 Å². The van der Waals surface area contributed by atoms with Gasteiger partial charge in [0.15, 0.2) is 12.4 Å². The van der Waals surface area contributed by atoms with Gasteiger partial charge in [-0.05, 0) is 6.92 Å². The number of alkyl halides is 1. The molecule has 106 valence electrons. The third kappa shape index (κ3) is 2.46. The van der Waals surface area contributed by atoms with E-state index in [0.29, 0.717) is 0 Å². The molecule has 0 aliphatic carbocycles. The average molecular weight is 274 g/mol. The van der Waals surface area contributed by atoms with Gasteiger partial charge in [-0.1, -0.05) is 0 Å². The van der Waals surface area contributed by atoms with Crippen molar-refractivity contribution in [3.05, 3.63) is 32.6 Å². The van der Waals surface area contributed by atoms with E-state index in [-0.39, 0.29) is 12.2 Å². The van der Waals surface area contributed by atoms with Gasteiger partial charge in [0.05, 0.1) is 6.61 Å². The number of aliphatic hydroxyl groups excluding tert-OH is 1. The number of ether oxygens (including phenoxy) is 2. The lowest BCUT2D eigenvalue weighted by atomic mass is 10.1. The molecule has 2 rings (SSSR count). The molecule has 1 saturated heterocycles. The summed E-state index contributed by atoms with van der Waals surface area (Å²) in [5, 5.41) is 9.67. The van der Waals surface area contributed by atoms with Crippen molar-refractivity contribution in [2.75, 3.05) is 13.7 Å². The quantitative estimate of drug-likeness (QED) is 0.744. The fourth-order valence-electron chi connectivity index (χ4n) is 2.00. The van der Waals surface area contributed by atoms with Gasteiger partial charge in [-0.15, -0.1) is 0 Å². The van der Waals surface area contributed by atoms with Crippen molar-refractivity contribution >= 4 is 0 Å².